The molecule has 1 fully saturated rings. The monoisotopic (exact) mass is 233 g/mol. The molecule has 0 aromatic heterocycles. The van der Waals surface area contributed by atoms with Gasteiger partial charge in [-0.2, -0.15) is 0 Å². The molecule has 0 N–H and O–H groups in total. The Morgan fingerprint density at radius 2 is 2.07 bits per heavy atom. The normalized spacial score (nSPS) is 25.2. The lowest BCUT2D eigenvalue weighted by atomic mass is 10.2. The summed E-state index contributed by atoms with van der Waals surface area (Å²) in [5, 5.41) is 0. The van der Waals surface area contributed by atoms with Gasteiger partial charge in [-0.25, -0.2) is 8.51 Å². The molecule has 0 unspecified atom stereocenters. The van der Waals surface area contributed by atoms with Gasteiger partial charge in [0.15, 0.2) is 0 Å². The Morgan fingerprint density at radius 3 is 2.53 bits per heavy atom. The zero-order valence-corrected chi connectivity index (χ0v) is 10.6. The number of ether oxygens (including phenoxy) is 1. The quantitative estimate of drug-likeness (QED) is 0.671. The molecule has 2 atom stereocenters. The summed E-state index contributed by atoms with van der Waals surface area (Å²) in [4.78, 5) is 11.5. The molecule has 0 aliphatic carbocycles. The second-order valence-corrected chi connectivity index (χ2v) is 6.88. The van der Waals surface area contributed by atoms with Gasteiger partial charge in [0.2, 0.25) is 0 Å². The van der Waals surface area contributed by atoms with Crippen LogP contribution in [0.25, 0.3) is 0 Å². The van der Waals surface area contributed by atoms with Crippen LogP contribution in [-0.4, -0.2) is 38.9 Å². The SMILES string of the molecule is COC(=O)[C@@H]1CCCN1[S@](=O)C(C)(C)C. The van der Waals surface area contributed by atoms with Gasteiger partial charge in [-0.05, 0) is 33.6 Å². The minimum Gasteiger partial charge on any atom is -0.468 e. The predicted molar refractivity (Wildman–Crippen MR) is 59.6 cm³/mol. The highest BCUT2D eigenvalue weighted by Gasteiger charge is 2.38. The molecule has 1 saturated heterocycles. The third-order valence-electron chi connectivity index (χ3n) is 2.41. The molecule has 0 aromatic carbocycles. The maximum absolute atomic E-state index is 12.1. The Morgan fingerprint density at radius 1 is 1.47 bits per heavy atom. The average Bonchev–Trinajstić information content (AvgIpc) is 2.62. The summed E-state index contributed by atoms with van der Waals surface area (Å²) < 4.78 is 18.3. The molecule has 0 aromatic rings. The van der Waals surface area contributed by atoms with E-state index in [0.29, 0.717) is 6.54 Å². The zero-order chi connectivity index (χ0) is 11.6. The minimum absolute atomic E-state index is 0.273. The summed E-state index contributed by atoms with van der Waals surface area (Å²) >= 11 is 0. The number of carbonyl (C=O) groups is 1. The molecule has 88 valence electrons. The number of hydrogen-bond acceptors (Lipinski definition) is 3. The zero-order valence-electron chi connectivity index (χ0n) is 9.78. The summed E-state index contributed by atoms with van der Waals surface area (Å²) in [7, 11) is 0.241. The first-order chi connectivity index (χ1) is 6.88. The second kappa shape index (κ2) is 4.61. The summed E-state index contributed by atoms with van der Waals surface area (Å²) in [5.41, 5.74) is 0. The topological polar surface area (TPSA) is 46.6 Å². The highest BCUT2D eigenvalue weighted by molar-refractivity contribution is 7.84. The number of carbonyl (C=O) groups excluding carboxylic acids is 1. The maximum atomic E-state index is 12.1. The Kier molecular flexibility index (Phi) is 3.89. The average molecular weight is 233 g/mol. The highest BCUT2D eigenvalue weighted by Crippen LogP contribution is 2.25. The molecule has 5 heteroatoms. The standard InChI is InChI=1S/C10H19NO3S/c1-10(2,3)15(13)11-7-5-6-8(11)9(12)14-4/h8H,5-7H2,1-4H3/t8-,15+/m0/s1. The van der Waals surface area contributed by atoms with Crippen molar-refractivity contribution in [1.82, 2.24) is 4.31 Å². The largest absolute Gasteiger partial charge is 0.468 e. The van der Waals surface area contributed by atoms with Gasteiger partial charge in [0.05, 0.1) is 11.9 Å². The van der Waals surface area contributed by atoms with Crippen molar-refractivity contribution in [3.63, 3.8) is 0 Å². The van der Waals surface area contributed by atoms with Crippen molar-refractivity contribution in [2.45, 2.75) is 44.4 Å². The van der Waals surface area contributed by atoms with E-state index >= 15 is 0 Å². The van der Waals surface area contributed by atoms with E-state index in [-0.39, 0.29) is 16.8 Å². The first kappa shape index (κ1) is 12.6. The van der Waals surface area contributed by atoms with Crippen LogP contribution in [0.1, 0.15) is 33.6 Å². The maximum Gasteiger partial charge on any atom is 0.324 e. The Balaban J connectivity index is 2.77. The van der Waals surface area contributed by atoms with E-state index in [1.807, 2.05) is 20.8 Å². The van der Waals surface area contributed by atoms with E-state index in [1.54, 1.807) is 4.31 Å². The van der Waals surface area contributed by atoms with Crippen LogP contribution in [0.5, 0.6) is 0 Å². The number of nitrogens with zero attached hydrogens (tertiary/aromatic N) is 1. The molecular weight excluding hydrogens is 214 g/mol. The predicted octanol–water partition coefficient (Wildman–Crippen LogP) is 1.09. The third kappa shape index (κ3) is 2.78. The molecule has 1 heterocycles. The molecule has 1 aliphatic rings. The van der Waals surface area contributed by atoms with Crippen molar-refractivity contribution in [2.75, 3.05) is 13.7 Å². The Bertz CT molecular complexity index is 272. The van der Waals surface area contributed by atoms with E-state index < -0.39 is 11.0 Å². The van der Waals surface area contributed by atoms with Crippen LogP contribution < -0.4 is 0 Å². The van der Waals surface area contributed by atoms with Crippen LogP contribution >= 0.6 is 0 Å². The van der Waals surface area contributed by atoms with Crippen LogP contribution in [0.15, 0.2) is 0 Å². The van der Waals surface area contributed by atoms with E-state index in [0.717, 1.165) is 12.8 Å². The molecule has 1 aliphatic heterocycles. The highest BCUT2D eigenvalue weighted by atomic mass is 32.2. The number of hydrogen-bond donors (Lipinski definition) is 0. The Labute approximate surface area is 93.6 Å². The first-order valence-corrected chi connectivity index (χ1v) is 6.25. The van der Waals surface area contributed by atoms with Crippen LogP contribution in [0, 0.1) is 0 Å². The van der Waals surface area contributed by atoms with Crippen LogP contribution in [0.4, 0.5) is 0 Å². The number of rotatable bonds is 2. The van der Waals surface area contributed by atoms with Gasteiger partial charge >= 0.3 is 5.97 Å². The van der Waals surface area contributed by atoms with E-state index in [2.05, 4.69) is 0 Å². The van der Waals surface area contributed by atoms with E-state index in [9.17, 15) is 9.00 Å². The lowest BCUT2D eigenvalue weighted by molar-refractivity contribution is -0.144. The molecule has 0 bridgehead atoms. The number of methoxy groups -OCH3 is 1. The molecule has 0 spiro atoms. The molecular formula is C10H19NO3S. The third-order valence-corrected chi connectivity index (χ3v) is 4.32. The van der Waals surface area contributed by atoms with Crippen LogP contribution in [0.3, 0.4) is 0 Å². The van der Waals surface area contributed by atoms with Gasteiger partial charge in [0, 0.05) is 6.54 Å². The second-order valence-electron chi connectivity index (χ2n) is 4.68. The van der Waals surface area contributed by atoms with Crippen LogP contribution in [-0.2, 0) is 20.5 Å². The van der Waals surface area contributed by atoms with Gasteiger partial charge in [-0.3, -0.25) is 4.79 Å². The first-order valence-electron chi connectivity index (χ1n) is 5.14. The van der Waals surface area contributed by atoms with E-state index in [4.69, 9.17) is 4.74 Å². The fraction of sp³-hybridized carbons (Fsp3) is 0.900. The number of esters is 1. The molecule has 1 rings (SSSR count). The van der Waals surface area contributed by atoms with Gasteiger partial charge in [-0.15, -0.1) is 0 Å². The summed E-state index contributed by atoms with van der Waals surface area (Å²) in [6.45, 7) is 6.45. The molecule has 15 heavy (non-hydrogen) atoms. The van der Waals surface area contributed by atoms with Crippen molar-refractivity contribution >= 4 is 17.0 Å². The Hall–Kier alpha value is -0.420. The fourth-order valence-corrected chi connectivity index (χ4v) is 3.08. The van der Waals surface area contributed by atoms with Crippen molar-refractivity contribution in [1.29, 1.82) is 0 Å². The lowest BCUT2D eigenvalue weighted by Gasteiger charge is -2.28. The summed E-state index contributed by atoms with van der Waals surface area (Å²) in [5.74, 6) is -0.273. The fourth-order valence-electron chi connectivity index (χ4n) is 1.66. The minimum atomic E-state index is -1.13. The van der Waals surface area contributed by atoms with Crippen molar-refractivity contribution in [3.8, 4) is 0 Å². The van der Waals surface area contributed by atoms with Gasteiger partial charge in [0.25, 0.3) is 0 Å². The van der Waals surface area contributed by atoms with Gasteiger partial charge in [0.1, 0.15) is 17.0 Å². The van der Waals surface area contributed by atoms with Crippen LogP contribution in [0.2, 0.25) is 0 Å². The molecule has 0 saturated carbocycles. The summed E-state index contributed by atoms with van der Waals surface area (Å²) in [6, 6.07) is -0.324. The summed E-state index contributed by atoms with van der Waals surface area (Å²) in [6.07, 6.45) is 1.65. The van der Waals surface area contributed by atoms with Crippen molar-refractivity contribution in [3.05, 3.63) is 0 Å². The van der Waals surface area contributed by atoms with Gasteiger partial charge < -0.3 is 4.74 Å². The van der Waals surface area contributed by atoms with E-state index in [1.165, 1.54) is 7.11 Å². The van der Waals surface area contributed by atoms with Crippen molar-refractivity contribution in [2.24, 2.45) is 0 Å². The van der Waals surface area contributed by atoms with Gasteiger partial charge in [-0.1, -0.05) is 0 Å². The van der Waals surface area contributed by atoms with Crippen molar-refractivity contribution < 1.29 is 13.7 Å². The molecule has 4 nitrogen and oxygen atoms in total. The smallest absolute Gasteiger partial charge is 0.324 e. The lowest BCUT2D eigenvalue weighted by Crippen LogP contribution is -2.44. The molecule has 0 amide bonds. The molecule has 0 radical (unpaired) electrons.